The molecule has 1 saturated heterocycles. The highest BCUT2D eigenvalue weighted by molar-refractivity contribution is 5.78. The number of para-hydroxylation sites is 2. The van der Waals surface area contributed by atoms with Crippen LogP contribution in [0.25, 0.3) is 16.7 Å². The van der Waals surface area contributed by atoms with Crippen molar-refractivity contribution in [1.82, 2.24) is 4.98 Å². The number of aromatic nitrogens is 2. The molecule has 0 atom stereocenters. The SMILES string of the molecule is CCCCc1c(C)c(C#N)c2[nH]c3ccccc3[n+]2c1NCC[NH+]1CCOCC1. The van der Waals surface area contributed by atoms with Crippen LogP contribution in [0.2, 0.25) is 0 Å². The molecule has 3 aromatic rings. The van der Waals surface area contributed by atoms with Crippen LogP contribution in [0.3, 0.4) is 0 Å². The van der Waals surface area contributed by atoms with Gasteiger partial charge in [-0.1, -0.05) is 25.5 Å². The number of pyridine rings is 1. The molecule has 1 aromatic carbocycles. The molecule has 29 heavy (non-hydrogen) atoms. The topological polar surface area (TPSA) is 69.4 Å². The number of nitrogens with one attached hydrogen (secondary N) is 3. The Morgan fingerprint density at radius 1 is 1.28 bits per heavy atom. The molecule has 1 fully saturated rings. The third-order valence-corrected chi connectivity index (χ3v) is 6.06. The number of quaternary nitrogens is 1. The Labute approximate surface area is 172 Å². The fourth-order valence-electron chi connectivity index (χ4n) is 4.38. The zero-order valence-electron chi connectivity index (χ0n) is 17.5. The number of morpholine rings is 1. The van der Waals surface area contributed by atoms with Crippen molar-refractivity contribution >= 4 is 22.5 Å². The maximum Gasteiger partial charge on any atom is 0.250 e. The molecule has 0 bridgehead atoms. The number of hydrogen-bond acceptors (Lipinski definition) is 3. The van der Waals surface area contributed by atoms with Crippen LogP contribution in [0.15, 0.2) is 24.3 Å². The summed E-state index contributed by atoms with van der Waals surface area (Å²) < 4.78 is 7.71. The number of anilines is 1. The molecule has 2 aromatic heterocycles. The van der Waals surface area contributed by atoms with Gasteiger partial charge >= 0.3 is 0 Å². The maximum atomic E-state index is 9.91. The summed E-state index contributed by atoms with van der Waals surface area (Å²) in [6.07, 6.45) is 3.23. The number of fused-ring (bicyclic) bond motifs is 3. The van der Waals surface area contributed by atoms with Crippen molar-refractivity contribution in [2.45, 2.75) is 33.1 Å². The van der Waals surface area contributed by atoms with E-state index in [1.807, 2.05) is 6.07 Å². The second-order valence-corrected chi connectivity index (χ2v) is 7.91. The number of imidazole rings is 1. The molecule has 4 rings (SSSR count). The van der Waals surface area contributed by atoms with Crippen LogP contribution in [-0.2, 0) is 11.2 Å². The average molecular weight is 394 g/mol. The van der Waals surface area contributed by atoms with Crippen LogP contribution in [0.1, 0.15) is 36.5 Å². The summed E-state index contributed by atoms with van der Waals surface area (Å²) in [5.74, 6) is 1.13. The molecule has 152 valence electrons. The fourth-order valence-corrected chi connectivity index (χ4v) is 4.38. The lowest BCUT2D eigenvalue weighted by molar-refractivity contribution is -0.906. The molecule has 0 radical (unpaired) electrons. The minimum Gasteiger partial charge on any atom is -0.370 e. The van der Waals surface area contributed by atoms with E-state index in [0.717, 1.165) is 92.3 Å². The van der Waals surface area contributed by atoms with Gasteiger partial charge in [-0.25, -0.2) is 0 Å². The van der Waals surface area contributed by atoms with Crippen LogP contribution >= 0.6 is 0 Å². The lowest BCUT2D eigenvalue weighted by atomic mass is 9.99. The second-order valence-electron chi connectivity index (χ2n) is 7.91. The van der Waals surface area contributed by atoms with E-state index in [4.69, 9.17) is 4.74 Å². The number of unbranched alkanes of at least 4 members (excludes halogenated alkanes) is 1. The van der Waals surface area contributed by atoms with Crippen LogP contribution in [0.4, 0.5) is 5.82 Å². The molecule has 1 aliphatic heterocycles. The van der Waals surface area contributed by atoms with Gasteiger partial charge in [0.25, 0.3) is 0 Å². The lowest BCUT2D eigenvalue weighted by Gasteiger charge is -2.23. The Balaban J connectivity index is 1.79. The standard InChI is InChI=1S/C23H29N5O/c1-3-4-7-18-17(2)19(16-24)23-26-20-8-5-6-9-21(20)28(23)22(18)25-10-11-27-12-14-29-15-13-27/h5-6,8-9H,3-4,7,10-15H2,1-2H3,(H,25,26)/p+2. The van der Waals surface area contributed by atoms with Crippen molar-refractivity contribution in [2.75, 3.05) is 44.7 Å². The summed E-state index contributed by atoms with van der Waals surface area (Å²) in [6.45, 7) is 10.1. The molecule has 6 heteroatoms. The normalized spacial score (nSPS) is 15.1. The molecule has 3 heterocycles. The van der Waals surface area contributed by atoms with Gasteiger partial charge in [0.05, 0.1) is 13.2 Å². The van der Waals surface area contributed by atoms with Gasteiger partial charge < -0.3 is 9.64 Å². The van der Waals surface area contributed by atoms with Crippen molar-refractivity contribution in [3.63, 3.8) is 0 Å². The highest BCUT2D eigenvalue weighted by Crippen LogP contribution is 2.26. The summed E-state index contributed by atoms with van der Waals surface area (Å²) in [6, 6.07) is 10.7. The first-order valence-corrected chi connectivity index (χ1v) is 10.8. The number of ether oxygens (including phenoxy) is 1. The van der Waals surface area contributed by atoms with Crippen molar-refractivity contribution < 1.29 is 14.0 Å². The van der Waals surface area contributed by atoms with E-state index in [-0.39, 0.29) is 0 Å². The van der Waals surface area contributed by atoms with Gasteiger partial charge in [0.2, 0.25) is 11.5 Å². The molecule has 0 aliphatic carbocycles. The maximum absolute atomic E-state index is 9.91. The van der Waals surface area contributed by atoms with Crippen molar-refractivity contribution in [1.29, 1.82) is 5.26 Å². The number of aromatic amines is 1. The van der Waals surface area contributed by atoms with Gasteiger partial charge in [-0.15, -0.1) is 0 Å². The summed E-state index contributed by atoms with van der Waals surface area (Å²) in [5, 5.41) is 13.7. The summed E-state index contributed by atoms with van der Waals surface area (Å²) >= 11 is 0. The summed E-state index contributed by atoms with van der Waals surface area (Å²) in [7, 11) is 0. The van der Waals surface area contributed by atoms with Crippen LogP contribution in [0, 0.1) is 18.3 Å². The predicted octanol–water partition coefficient (Wildman–Crippen LogP) is 1.76. The van der Waals surface area contributed by atoms with Crippen molar-refractivity contribution in [2.24, 2.45) is 0 Å². The van der Waals surface area contributed by atoms with E-state index in [2.05, 4.69) is 52.8 Å². The van der Waals surface area contributed by atoms with E-state index >= 15 is 0 Å². The Kier molecular flexibility index (Phi) is 5.98. The first-order chi connectivity index (χ1) is 14.2. The monoisotopic (exact) mass is 393 g/mol. The largest absolute Gasteiger partial charge is 0.370 e. The molecule has 0 saturated carbocycles. The lowest BCUT2D eigenvalue weighted by Crippen LogP contribution is -3.14. The molecule has 6 nitrogen and oxygen atoms in total. The minimum absolute atomic E-state index is 0.747. The number of benzene rings is 1. The third kappa shape index (κ3) is 3.81. The van der Waals surface area contributed by atoms with Gasteiger partial charge in [0.1, 0.15) is 48.8 Å². The second kappa shape index (κ2) is 8.81. The molecule has 1 aliphatic rings. The van der Waals surface area contributed by atoms with E-state index < -0.39 is 0 Å². The molecule has 0 unspecified atom stereocenters. The molecule has 0 amide bonds. The quantitative estimate of drug-likeness (QED) is 0.536. The predicted molar refractivity (Wildman–Crippen MR) is 114 cm³/mol. The van der Waals surface area contributed by atoms with Crippen LogP contribution < -0.4 is 14.6 Å². The Hall–Kier alpha value is -2.62. The average Bonchev–Trinajstić information content (AvgIpc) is 3.13. The highest BCUT2D eigenvalue weighted by Gasteiger charge is 2.25. The fraction of sp³-hybridized carbons (Fsp3) is 0.478. The molecular formula is C23H31N5O+2. The van der Waals surface area contributed by atoms with E-state index in [1.165, 1.54) is 5.56 Å². The number of rotatable bonds is 7. The first-order valence-electron chi connectivity index (χ1n) is 10.8. The van der Waals surface area contributed by atoms with E-state index in [0.29, 0.717) is 0 Å². The Morgan fingerprint density at radius 2 is 2.07 bits per heavy atom. The Bertz CT molecular complexity index is 1040. The molecule has 0 spiro atoms. The number of nitrogens with zero attached hydrogens (tertiary/aromatic N) is 2. The number of H-pyrrole nitrogens is 1. The zero-order chi connectivity index (χ0) is 20.2. The highest BCUT2D eigenvalue weighted by atomic mass is 16.5. The van der Waals surface area contributed by atoms with Crippen LogP contribution in [0.5, 0.6) is 0 Å². The van der Waals surface area contributed by atoms with E-state index in [9.17, 15) is 5.26 Å². The third-order valence-electron chi connectivity index (χ3n) is 6.06. The first kappa shape index (κ1) is 19.7. The van der Waals surface area contributed by atoms with Gasteiger partial charge in [0.15, 0.2) is 0 Å². The van der Waals surface area contributed by atoms with E-state index in [1.54, 1.807) is 4.90 Å². The molecular weight excluding hydrogens is 362 g/mol. The summed E-state index contributed by atoms with van der Waals surface area (Å²) in [4.78, 5) is 5.07. The Morgan fingerprint density at radius 3 is 2.83 bits per heavy atom. The van der Waals surface area contributed by atoms with Gasteiger partial charge in [-0.05, 0) is 37.5 Å². The molecule has 3 N–H and O–H groups in total. The van der Waals surface area contributed by atoms with Crippen molar-refractivity contribution in [3.05, 3.63) is 41.0 Å². The number of nitriles is 1. The van der Waals surface area contributed by atoms with Gasteiger partial charge in [-0.2, -0.15) is 9.66 Å². The van der Waals surface area contributed by atoms with Crippen molar-refractivity contribution in [3.8, 4) is 6.07 Å². The zero-order valence-corrected chi connectivity index (χ0v) is 17.5. The van der Waals surface area contributed by atoms with Crippen LogP contribution in [-0.4, -0.2) is 44.4 Å². The summed E-state index contributed by atoms with van der Waals surface area (Å²) in [5.41, 5.74) is 6.15. The minimum atomic E-state index is 0.747. The smallest absolute Gasteiger partial charge is 0.250 e. The number of hydrogen-bond donors (Lipinski definition) is 3. The van der Waals surface area contributed by atoms with Gasteiger partial charge in [-0.3, -0.25) is 10.3 Å². The van der Waals surface area contributed by atoms with Gasteiger partial charge in [0, 0.05) is 5.56 Å².